The van der Waals surface area contributed by atoms with Gasteiger partial charge in [0.05, 0.1) is 0 Å². The third-order valence-electron chi connectivity index (χ3n) is 1.87. The molecule has 2 aromatic rings. The van der Waals surface area contributed by atoms with Gasteiger partial charge in [-0.15, -0.1) is 0 Å². The van der Waals surface area contributed by atoms with Gasteiger partial charge in [0.15, 0.2) is 11.6 Å². The number of halogens is 4. The summed E-state index contributed by atoms with van der Waals surface area (Å²) in [6.45, 7) is 0. The van der Waals surface area contributed by atoms with Crippen LogP contribution in [0.15, 0.2) is 22.7 Å². The molecule has 1 heterocycles. The van der Waals surface area contributed by atoms with Crippen LogP contribution in [-0.2, 0) is 6.18 Å². The van der Waals surface area contributed by atoms with Gasteiger partial charge in [0, 0.05) is 5.56 Å². The van der Waals surface area contributed by atoms with Crippen molar-refractivity contribution >= 4 is 0 Å². The average Bonchev–Trinajstić information content (AvgIpc) is 2.70. The third-order valence-corrected chi connectivity index (χ3v) is 1.87. The van der Waals surface area contributed by atoms with Crippen LogP contribution in [0.4, 0.5) is 17.6 Å². The van der Waals surface area contributed by atoms with Crippen LogP contribution in [0, 0.1) is 5.82 Å². The highest BCUT2D eigenvalue weighted by Crippen LogP contribution is 2.30. The van der Waals surface area contributed by atoms with Gasteiger partial charge in [-0.3, -0.25) is 0 Å². The topological polar surface area (TPSA) is 59.2 Å². The highest BCUT2D eigenvalue weighted by atomic mass is 19.4. The van der Waals surface area contributed by atoms with Crippen LogP contribution in [0.25, 0.3) is 11.4 Å². The molecule has 17 heavy (non-hydrogen) atoms. The molecule has 1 N–H and O–H groups in total. The summed E-state index contributed by atoms with van der Waals surface area (Å²) in [5.74, 6) is -3.52. The lowest BCUT2D eigenvalue weighted by atomic mass is 10.2. The number of aromatic nitrogens is 2. The highest BCUT2D eigenvalue weighted by molar-refractivity contribution is 5.55. The summed E-state index contributed by atoms with van der Waals surface area (Å²) >= 11 is 0. The molecule has 0 amide bonds. The normalized spacial score (nSPS) is 11.8. The number of rotatable bonds is 1. The number of hydrogen-bond donors (Lipinski definition) is 1. The van der Waals surface area contributed by atoms with Gasteiger partial charge in [0.2, 0.25) is 5.82 Å². The number of aromatic hydroxyl groups is 1. The van der Waals surface area contributed by atoms with Crippen molar-refractivity contribution in [1.29, 1.82) is 0 Å². The van der Waals surface area contributed by atoms with E-state index in [0.29, 0.717) is 0 Å². The van der Waals surface area contributed by atoms with Gasteiger partial charge in [0.1, 0.15) is 0 Å². The van der Waals surface area contributed by atoms with Gasteiger partial charge < -0.3 is 9.63 Å². The summed E-state index contributed by atoms with van der Waals surface area (Å²) < 4.78 is 53.4. The number of phenolic OH excluding ortho intramolecular Hbond substituents is 1. The highest BCUT2D eigenvalue weighted by Gasteiger charge is 2.38. The maximum Gasteiger partial charge on any atom is 0.471 e. The van der Waals surface area contributed by atoms with E-state index in [-0.39, 0.29) is 5.56 Å². The smallest absolute Gasteiger partial charge is 0.471 e. The van der Waals surface area contributed by atoms with Gasteiger partial charge in [-0.2, -0.15) is 18.2 Å². The molecule has 0 aliphatic rings. The van der Waals surface area contributed by atoms with Gasteiger partial charge in [-0.05, 0) is 18.2 Å². The summed E-state index contributed by atoms with van der Waals surface area (Å²) in [5, 5.41) is 12.0. The van der Waals surface area contributed by atoms with E-state index in [1.165, 1.54) is 6.07 Å². The minimum Gasteiger partial charge on any atom is -0.505 e. The molecule has 0 fully saturated rings. The molecule has 0 unspecified atom stereocenters. The number of hydrogen-bond acceptors (Lipinski definition) is 4. The maximum absolute atomic E-state index is 12.9. The van der Waals surface area contributed by atoms with Crippen molar-refractivity contribution in [3.63, 3.8) is 0 Å². The molecular weight excluding hydrogens is 244 g/mol. The Morgan fingerprint density at radius 3 is 2.47 bits per heavy atom. The first-order valence-corrected chi connectivity index (χ1v) is 4.28. The first kappa shape index (κ1) is 11.4. The van der Waals surface area contributed by atoms with Gasteiger partial charge in [-0.1, -0.05) is 5.16 Å². The van der Waals surface area contributed by atoms with Crippen LogP contribution in [0.5, 0.6) is 5.75 Å². The van der Waals surface area contributed by atoms with Crippen molar-refractivity contribution in [2.75, 3.05) is 0 Å². The fourth-order valence-corrected chi connectivity index (χ4v) is 1.10. The van der Waals surface area contributed by atoms with Crippen molar-refractivity contribution in [3.05, 3.63) is 29.9 Å². The van der Waals surface area contributed by atoms with E-state index < -0.39 is 29.5 Å². The van der Waals surface area contributed by atoms with E-state index in [0.717, 1.165) is 12.1 Å². The molecule has 90 valence electrons. The Kier molecular flexibility index (Phi) is 2.49. The van der Waals surface area contributed by atoms with E-state index in [1.54, 1.807) is 0 Å². The Morgan fingerprint density at radius 1 is 1.24 bits per heavy atom. The molecule has 0 saturated carbocycles. The number of benzene rings is 1. The molecule has 0 radical (unpaired) electrons. The van der Waals surface area contributed by atoms with E-state index in [2.05, 4.69) is 14.7 Å². The van der Waals surface area contributed by atoms with Crippen LogP contribution < -0.4 is 0 Å². The molecule has 8 heteroatoms. The first-order valence-electron chi connectivity index (χ1n) is 4.28. The van der Waals surface area contributed by atoms with Crippen molar-refractivity contribution in [2.24, 2.45) is 0 Å². The SMILES string of the molecule is Oc1ccc(-c2noc(C(F)(F)F)n2)cc1F. The second kappa shape index (κ2) is 3.72. The summed E-state index contributed by atoms with van der Waals surface area (Å²) in [7, 11) is 0. The van der Waals surface area contributed by atoms with Crippen molar-refractivity contribution in [3.8, 4) is 17.1 Å². The van der Waals surface area contributed by atoms with Gasteiger partial charge in [0.25, 0.3) is 0 Å². The van der Waals surface area contributed by atoms with Crippen LogP contribution >= 0.6 is 0 Å². The second-order valence-corrected chi connectivity index (χ2v) is 3.09. The molecule has 2 rings (SSSR count). The minimum absolute atomic E-state index is 0.0282. The quantitative estimate of drug-likeness (QED) is 0.788. The molecule has 4 nitrogen and oxygen atoms in total. The van der Waals surface area contributed by atoms with Crippen LogP contribution in [0.2, 0.25) is 0 Å². The van der Waals surface area contributed by atoms with E-state index >= 15 is 0 Å². The largest absolute Gasteiger partial charge is 0.505 e. The minimum atomic E-state index is -4.75. The zero-order valence-electron chi connectivity index (χ0n) is 7.99. The van der Waals surface area contributed by atoms with Crippen molar-refractivity contribution < 1.29 is 27.2 Å². The van der Waals surface area contributed by atoms with E-state index in [9.17, 15) is 17.6 Å². The van der Waals surface area contributed by atoms with E-state index in [4.69, 9.17) is 5.11 Å². The zero-order valence-corrected chi connectivity index (χ0v) is 7.99. The van der Waals surface area contributed by atoms with Gasteiger partial charge in [-0.25, -0.2) is 4.39 Å². The molecule has 1 aromatic heterocycles. The Balaban J connectivity index is 2.40. The number of alkyl halides is 3. The molecule has 0 aliphatic heterocycles. The Morgan fingerprint density at radius 2 is 1.94 bits per heavy atom. The number of nitrogens with zero attached hydrogens (tertiary/aromatic N) is 2. The monoisotopic (exact) mass is 248 g/mol. The number of phenols is 1. The summed E-state index contributed by atoms with van der Waals surface area (Å²) in [6.07, 6.45) is -4.75. The third kappa shape index (κ3) is 2.19. The molecule has 0 bridgehead atoms. The lowest BCUT2D eigenvalue weighted by Gasteiger charge is -1.97. The summed E-state index contributed by atoms with van der Waals surface area (Å²) in [5.41, 5.74) is -0.0282. The predicted molar refractivity (Wildman–Crippen MR) is 46.4 cm³/mol. The molecule has 0 atom stereocenters. The molecular formula is C9H4F4N2O2. The molecule has 0 aliphatic carbocycles. The lowest BCUT2D eigenvalue weighted by molar-refractivity contribution is -0.159. The fourth-order valence-electron chi connectivity index (χ4n) is 1.10. The molecule has 1 aromatic carbocycles. The molecule has 0 spiro atoms. The Bertz CT molecular complexity index is 550. The standard InChI is InChI=1S/C9H4F4N2O2/c10-5-3-4(1-2-6(5)16)7-14-8(17-15-7)9(11,12)13/h1-3,16H. The summed E-state index contributed by atoms with van der Waals surface area (Å²) in [6, 6.07) is 2.96. The van der Waals surface area contributed by atoms with Crippen molar-refractivity contribution in [1.82, 2.24) is 10.1 Å². The average molecular weight is 248 g/mol. The maximum atomic E-state index is 12.9. The Hall–Kier alpha value is -2.12. The first-order chi connectivity index (χ1) is 7.88. The van der Waals surface area contributed by atoms with Crippen LogP contribution in [0.1, 0.15) is 5.89 Å². The molecule has 0 saturated heterocycles. The van der Waals surface area contributed by atoms with Crippen LogP contribution in [-0.4, -0.2) is 15.2 Å². The van der Waals surface area contributed by atoms with Crippen molar-refractivity contribution in [2.45, 2.75) is 6.18 Å². The Labute approximate surface area is 91.5 Å². The van der Waals surface area contributed by atoms with E-state index in [1.807, 2.05) is 0 Å². The predicted octanol–water partition coefficient (Wildman–Crippen LogP) is 2.60. The van der Waals surface area contributed by atoms with Crippen LogP contribution in [0.3, 0.4) is 0 Å². The second-order valence-electron chi connectivity index (χ2n) is 3.09. The summed E-state index contributed by atoms with van der Waals surface area (Å²) in [4.78, 5) is 3.07. The fraction of sp³-hybridized carbons (Fsp3) is 0.111. The lowest BCUT2D eigenvalue weighted by Crippen LogP contribution is -2.04. The van der Waals surface area contributed by atoms with Gasteiger partial charge >= 0.3 is 12.1 Å². The zero-order chi connectivity index (χ0) is 12.6.